The predicted octanol–water partition coefficient (Wildman–Crippen LogP) is 5.16. The molecule has 1 N–H and O–H groups in total. The van der Waals surface area contributed by atoms with Gasteiger partial charge in [0.25, 0.3) is 5.91 Å². The standard InChI is InChI=1S/C25H28F3N5O/c1-16-9-10-19(18-13-30-32(3)15-18)20(12-16)24(34)33-11-5-6-17(2)21(33)14-29-23-8-4-7-22(31-23)25(26,27)28/h4,7-10,12-13,15,17,21H,5-6,11,14H2,1-3H3,(H,29,31)/t17-,21?/m1/s1. The maximum absolute atomic E-state index is 13.8. The number of anilines is 1. The summed E-state index contributed by atoms with van der Waals surface area (Å²) in [6, 6.07) is 9.40. The second kappa shape index (κ2) is 9.48. The zero-order chi connectivity index (χ0) is 24.5. The zero-order valence-electron chi connectivity index (χ0n) is 19.4. The van der Waals surface area contributed by atoms with Crippen LogP contribution >= 0.6 is 0 Å². The number of rotatable bonds is 5. The van der Waals surface area contributed by atoms with E-state index in [9.17, 15) is 18.0 Å². The SMILES string of the molecule is Cc1ccc(-c2cnn(C)c2)c(C(=O)N2CCC[C@@H](C)C2CNc2cccc(C(F)(F)F)n2)c1. The van der Waals surface area contributed by atoms with Crippen molar-refractivity contribution in [2.45, 2.75) is 38.9 Å². The van der Waals surface area contributed by atoms with E-state index in [1.165, 1.54) is 12.1 Å². The molecule has 1 aromatic carbocycles. The fourth-order valence-corrected chi connectivity index (χ4v) is 4.51. The number of amides is 1. The Morgan fingerprint density at radius 2 is 2.03 bits per heavy atom. The van der Waals surface area contributed by atoms with Crippen LogP contribution < -0.4 is 5.32 Å². The summed E-state index contributed by atoms with van der Waals surface area (Å²) in [5, 5.41) is 7.27. The summed E-state index contributed by atoms with van der Waals surface area (Å²) in [5.41, 5.74) is 2.31. The van der Waals surface area contributed by atoms with E-state index in [0.29, 0.717) is 18.7 Å². The van der Waals surface area contributed by atoms with Gasteiger partial charge >= 0.3 is 6.18 Å². The van der Waals surface area contributed by atoms with Crippen LogP contribution in [0, 0.1) is 12.8 Å². The molecule has 1 amide bonds. The number of alkyl halides is 3. The average molecular weight is 472 g/mol. The molecule has 1 saturated heterocycles. The largest absolute Gasteiger partial charge is 0.433 e. The second-order valence-electron chi connectivity index (χ2n) is 8.92. The van der Waals surface area contributed by atoms with Gasteiger partial charge in [-0.2, -0.15) is 18.3 Å². The third kappa shape index (κ3) is 5.08. The van der Waals surface area contributed by atoms with Gasteiger partial charge in [0.2, 0.25) is 0 Å². The smallest absolute Gasteiger partial charge is 0.368 e. The highest BCUT2D eigenvalue weighted by molar-refractivity contribution is 6.01. The van der Waals surface area contributed by atoms with E-state index in [0.717, 1.165) is 35.6 Å². The van der Waals surface area contributed by atoms with Crippen molar-refractivity contribution in [2.24, 2.45) is 13.0 Å². The number of aromatic nitrogens is 3. The number of benzene rings is 1. The summed E-state index contributed by atoms with van der Waals surface area (Å²) in [6.45, 7) is 4.92. The molecule has 3 heterocycles. The molecule has 0 aliphatic carbocycles. The Morgan fingerprint density at radius 3 is 2.74 bits per heavy atom. The highest BCUT2D eigenvalue weighted by atomic mass is 19.4. The predicted molar refractivity (Wildman–Crippen MR) is 124 cm³/mol. The first-order valence-corrected chi connectivity index (χ1v) is 11.3. The molecule has 9 heteroatoms. The fourth-order valence-electron chi connectivity index (χ4n) is 4.51. The van der Waals surface area contributed by atoms with Crippen LogP contribution in [-0.4, -0.2) is 44.7 Å². The second-order valence-corrected chi connectivity index (χ2v) is 8.92. The van der Waals surface area contributed by atoms with Crippen molar-refractivity contribution in [2.75, 3.05) is 18.4 Å². The molecule has 0 radical (unpaired) electrons. The number of nitrogens with one attached hydrogen (secondary N) is 1. The average Bonchev–Trinajstić information content (AvgIpc) is 3.23. The number of piperidine rings is 1. The van der Waals surface area contributed by atoms with E-state index in [4.69, 9.17) is 0 Å². The summed E-state index contributed by atoms with van der Waals surface area (Å²) in [4.78, 5) is 19.4. The Labute approximate surface area is 196 Å². The number of likely N-dealkylation sites (tertiary alicyclic amines) is 1. The molecule has 3 aromatic rings. The highest BCUT2D eigenvalue weighted by Gasteiger charge is 2.34. The van der Waals surface area contributed by atoms with Crippen LogP contribution in [0.1, 0.15) is 41.4 Å². The topological polar surface area (TPSA) is 63.1 Å². The summed E-state index contributed by atoms with van der Waals surface area (Å²) >= 11 is 0. The quantitative estimate of drug-likeness (QED) is 0.558. The first kappa shape index (κ1) is 23.8. The molecular formula is C25H28F3N5O. The first-order valence-electron chi connectivity index (χ1n) is 11.3. The van der Waals surface area contributed by atoms with Gasteiger partial charge in [0.1, 0.15) is 11.5 Å². The number of carbonyl (C=O) groups excluding carboxylic acids is 1. The summed E-state index contributed by atoms with van der Waals surface area (Å²) in [7, 11) is 1.83. The minimum atomic E-state index is -4.51. The van der Waals surface area contributed by atoms with Crippen LogP contribution in [0.5, 0.6) is 0 Å². The molecular weight excluding hydrogens is 443 g/mol. The van der Waals surface area contributed by atoms with E-state index in [2.05, 4.69) is 22.3 Å². The van der Waals surface area contributed by atoms with E-state index in [1.807, 2.05) is 43.3 Å². The molecule has 34 heavy (non-hydrogen) atoms. The van der Waals surface area contributed by atoms with Crippen molar-refractivity contribution in [3.63, 3.8) is 0 Å². The maximum atomic E-state index is 13.8. The Hall–Kier alpha value is -3.36. The Balaban J connectivity index is 1.60. The van der Waals surface area contributed by atoms with Crippen molar-refractivity contribution in [3.05, 3.63) is 65.6 Å². The molecule has 180 valence electrons. The normalized spacial score (nSPS) is 18.7. The van der Waals surface area contributed by atoms with Crippen LogP contribution in [0.2, 0.25) is 0 Å². The molecule has 1 fully saturated rings. The molecule has 2 aromatic heterocycles. The number of aryl methyl sites for hydroxylation is 2. The highest BCUT2D eigenvalue weighted by Crippen LogP contribution is 2.31. The van der Waals surface area contributed by atoms with Crippen molar-refractivity contribution < 1.29 is 18.0 Å². The van der Waals surface area contributed by atoms with E-state index in [-0.39, 0.29) is 23.7 Å². The van der Waals surface area contributed by atoms with Gasteiger partial charge in [-0.1, -0.05) is 30.7 Å². The van der Waals surface area contributed by atoms with E-state index >= 15 is 0 Å². The van der Waals surface area contributed by atoms with Gasteiger partial charge in [-0.3, -0.25) is 9.48 Å². The molecule has 0 spiro atoms. The number of pyridine rings is 1. The van der Waals surface area contributed by atoms with E-state index in [1.54, 1.807) is 10.9 Å². The number of nitrogens with zero attached hydrogens (tertiary/aromatic N) is 4. The molecule has 2 atom stereocenters. The van der Waals surface area contributed by atoms with Gasteiger partial charge in [-0.25, -0.2) is 4.98 Å². The van der Waals surface area contributed by atoms with Crippen LogP contribution in [-0.2, 0) is 13.2 Å². The molecule has 6 nitrogen and oxygen atoms in total. The van der Waals surface area contributed by atoms with Gasteiger partial charge in [-0.15, -0.1) is 0 Å². The van der Waals surface area contributed by atoms with Gasteiger partial charge < -0.3 is 10.2 Å². The Kier molecular flexibility index (Phi) is 6.63. The molecule has 1 unspecified atom stereocenters. The Bertz CT molecular complexity index is 1170. The van der Waals surface area contributed by atoms with Crippen LogP contribution in [0.15, 0.2) is 48.8 Å². The molecule has 0 saturated carbocycles. The lowest BCUT2D eigenvalue weighted by Crippen LogP contribution is -2.51. The first-order chi connectivity index (χ1) is 16.1. The molecule has 0 bridgehead atoms. The number of hydrogen-bond acceptors (Lipinski definition) is 4. The number of halogens is 3. The lowest BCUT2D eigenvalue weighted by atomic mass is 9.89. The number of hydrogen-bond donors (Lipinski definition) is 1. The lowest BCUT2D eigenvalue weighted by Gasteiger charge is -2.40. The van der Waals surface area contributed by atoms with Gasteiger partial charge in [0, 0.05) is 37.5 Å². The molecule has 1 aliphatic rings. The van der Waals surface area contributed by atoms with Crippen molar-refractivity contribution in [1.82, 2.24) is 19.7 Å². The minimum absolute atomic E-state index is 0.0853. The minimum Gasteiger partial charge on any atom is -0.368 e. The Morgan fingerprint density at radius 1 is 1.24 bits per heavy atom. The summed E-state index contributed by atoms with van der Waals surface area (Å²) in [6.07, 6.45) is 0.914. The van der Waals surface area contributed by atoms with E-state index < -0.39 is 11.9 Å². The van der Waals surface area contributed by atoms with Gasteiger partial charge in [-0.05, 0) is 49.4 Å². The van der Waals surface area contributed by atoms with Crippen molar-refractivity contribution in [1.29, 1.82) is 0 Å². The fraction of sp³-hybridized carbons (Fsp3) is 0.400. The zero-order valence-corrected chi connectivity index (χ0v) is 19.4. The lowest BCUT2D eigenvalue weighted by molar-refractivity contribution is -0.141. The van der Waals surface area contributed by atoms with Crippen LogP contribution in [0.4, 0.5) is 19.0 Å². The van der Waals surface area contributed by atoms with Gasteiger partial charge in [0.15, 0.2) is 0 Å². The van der Waals surface area contributed by atoms with Crippen molar-refractivity contribution in [3.8, 4) is 11.1 Å². The monoisotopic (exact) mass is 471 g/mol. The number of carbonyl (C=O) groups is 1. The maximum Gasteiger partial charge on any atom is 0.433 e. The summed E-state index contributed by atoms with van der Waals surface area (Å²) in [5.74, 6) is 0.243. The third-order valence-corrected chi connectivity index (χ3v) is 6.33. The van der Waals surface area contributed by atoms with Crippen LogP contribution in [0.3, 0.4) is 0 Å². The van der Waals surface area contributed by atoms with Crippen molar-refractivity contribution >= 4 is 11.7 Å². The molecule has 1 aliphatic heterocycles. The third-order valence-electron chi connectivity index (χ3n) is 6.33. The molecule has 4 rings (SSSR count). The van der Waals surface area contributed by atoms with Crippen LogP contribution in [0.25, 0.3) is 11.1 Å². The van der Waals surface area contributed by atoms with Gasteiger partial charge in [0.05, 0.1) is 12.2 Å². The summed E-state index contributed by atoms with van der Waals surface area (Å²) < 4.78 is 40.8.